The zero-order valence-corrected chi connectivity index (χ0v) is 12.0. The van der Waals surface area contributed by atoms with Crippen molar-refractivity contribution in [2.45, 2.75) is 27.2 Å². The maximum Gasteiger partial charge on any atom is 0.271 e. The van der Waals surface area contributed by atoms with Crippen LogP contribution in [0.5, 0.6) is 0 Å². The van der Waals surface area contributed by atoms with Gasteiger partial charge in [-0.3, -0.25) is 14.6 Å². The van der Waals surface area contributed by atoms with Crippen molar-refractivity contribution in [1.29, 1.82) is 0 Å². The highest BCUT2D eigenvalue weighted by atomic mass is 16.2. The van der Waals surface area contributed by atoms with Gasteiger partial charge in [0, 0.05) is 30.2 Å². The Labute approximate surface area is 118 Å². The first-order valence-corrected chi connectivity index (χ1v) is 6.49. The van der Waals surface area contributed by atoms with Gasteiger partial charge in [-0.2, -0.15) is 5.10 Å². The van der Waals surface area contributed by atoms with E-state index in [0.717, 1.165) is 0 Å². The van der Waals surface area contributed by atoms with Gasteiger partial charge in [-0.25, -0.2) is 5.43 Å². The standard InChI is InChI=1S/C14H20N4O2/c1-10(2)9-16-13(19)8-11(3)17-18-14(20)12-4-6-15-7-5-12/h4-7,10H,8-9H2,1-3H3,(H,16,19)(H,18,20)/b17-11-. The summed E-state index contributed by atoms with van der Waals surface area (Å²) in [5.41, 5.74) is 3.43. The van der Waals surface area contributed by atoms with Gasteiger partial charge in [-0.15, -0.1) is 0 Å². The van der Waals surface area contributed by atoms with E-state index in [4.69, 9.17) is 0 Å². The summed E-state index contributed by atoms with van der Waals surface area (Å²) < 4.78 is 0. The minimum Gasteiger partial charge on any atom is -0.356 e. The van der Waals surface area contributed by atoms with Gasteiger partial charge in [0.1, 0.15) is 0 Å². The van der Waals surface area contributed by atoms with Crippen molar-refractivity contribution >= 4 is 17.5 Å². The van der Waals surface area contributed by atoms with Crippen LogP contribution in [0.1, 0.15) is 37.6 Å². The molecule has 2 N–H and O–H groups in total. The van der Waals surface area contributed by atoms with E-state index in [2.05, 4.69) is 20.8 Å². The van der Waals surface area contributed by atoms with Crippen LogP contribution in [0.25, 0.3) is 0 Å². The lowest BCUT2D eigenvalue weighted by Gasteiger charge is -2.07. The van der Waals surface area contributed by atoms with E-state index in [9.17, 15) is 9.59 Å². The molecular formula is C14H20N4O2. The van der Waals surface area contributed by atoms with E-state index >= 15 is 0 Å². The van der Waals surface area contributed by atoms with Crippen LogP contribution in [-0.4, -0.2) is 29.1 Å². The second-order valence-corrected chi connectivity index (χ2v) is 4.90. The molecular weight excluding hydrogens is 256 g/mol. The highest BCUT2D eigenvalue weighted by Gasteiger charge is 2.06. The largest absolute Gasteiger partial charge is 0.356 e. The fourth-order valence-electron chi connectivity index (χ4n) is 1.37. The van der Waals surface area contributed by atoms with Crippen LogP contribution in [0.15, 0.2) is 29.6 Å². The van der Waals surface area contributed by atoms with E-state index in [-0.39, 0.29) is 18.2 Å². The summed E-state index contributed by atoms with van der Waals surface area (Å²) in [7, 11) is 0. The maximum atomic E-state index is 11.7. The Hall–Kier alpha value is -2.24. The molecule has 0 bridgehead atoms. The third-order valence-corrected chi connectivity index (χ3v) is 2.41. The van der Waals surface area contributed by atoms with Crippen molar-refractivity contribution in [3.8, 4) is 0 Å². The number of carbonyl (C=O) groups excluding carboxylic acids is 2. The molecule has 108 valence electrons. The first kappa shape index (κ1) is 15.8. The average Bonchev–Trinajstić information content (AvgIpc) is 2.43. The van der Waals surface area contributed by atoms with Gasteiger partial charge in [0.05, 0.1) is 6.42 Å². The lowest BCUT2D eigenvalue weighted by atomic mass is 10.2. The van der Waals surface area contributed by atoms with Crippen molar-refractivity contribution < 1.29 is 9.59 Å². The van der Waals surface area contributed by atoms with E-state index in [0.29, 0.717) is 23.7 Å². The number of aromatic nitrogens is 1. The molecule has 1 aromatic heterocycles. The quantitative estimate of drug-likeness (QED) is 0.607. The predicted octanol–water partition coefficient (Wildman–Crippen LogP) is 1.35. The third kappa shape index (κ3) is 6.08. The summed E-state index contributed by atoms with van der Waals surface area (Å²) >= 11 is 0. The highest BCUT2D eigenvalue weighted by Crippen LogP contribution is 1.96. The molecule has 0 saturated carbocycles. The molecule has 0 aliphatic rings. The number of rotatable bonds is 6. The zero-order valence-electron chi connectivity index (χ0n) is 12.0. The van der Waals surface area contributed by atoms with Crippen molar-refractivity contribution in [3.63, 3.8) is 0 Å². The van der Waals surface area contributed by atoms with E-state index in [1.165, 1.54) is 12.4 Å². The number of hydrazone groups is 1. The number of hydrogen-bond donors (Lipinski definition) is 2. The van der Waals surface area contributed by atoms with Crippen molar-refractivity contribution in [1.82, 2.24) is 15.7 Å². The molecule has 0 saturated heterocycles. The Bertz CT molecular complexity index is 483. The molecule has 20 heavy (non-hydrogen) atoms. The summed E-state index contributed by atoms with van der Waals surface area (Å²) in [5, 5.41) is 6.69. The Balaban J connectivity index is 2.42. The number of carbonyl (C=O) groups is 2. The zero-order chi connectivity index (χ0) is 15.0. The number of nitrogens with zero attached hydrogens (tertiary/aromatic N) is 2. The summed E-state index contributed by atoms with van der Waals surface area (Å²) in [6.07, 6.45) is 3.24. The fraction of sp³-hybridized carbons (Fsp3) is 0.429. The van der Waals surface area contributed by atoms with Gasteiger partial charge in [0.2, 0.25) is 5.91 Å². The summed E-state index contributed by atoms with van der Waals surface area (Å²) in [6, 6.07) is 3.19. The van der Waals surface area contributed by atoms with E-state index in [1.807, 2.05) is 13.8 Å². The van der Waals surface area contributed by atoms with E-state index in [1.54, 1.807) is 19.1 Å². The minimum absolute atomic E-state index is 0.0990. The Kier molecular flexibility index (Phi) is 6.36. The first-order chi connectivity index (χ1) is 9.49. The molecule has 6 heteroatoms. The molecule has 1 heterocycles. The Morgan fingerprint density at radius 2 is 1.95 bits per heavy atom. The van der Waals surface area contributed by atoms with Crippen LogP contribution >= 0.6 is 0 Å². The normalized spacial score (nSPS) is 11.3. The predicted molar refractivity (Wildman–Crippen MR) is 77.3 cm³/mol. The molecule has 0 fully saturated rings. The topological polar surface area (TPSA) is 83.5 Å². The molecule has 0 spiro atoms. The van der Waals surface area contributed by atoms with Crippen LogP contribution in [-0.2, 0) is 4.79 Å². The van der Waals surface area contributed by atoms with E-state index < -0.39 is 0 Å². The SMILES string of the molecule is C/C(CC(=O)NCC(C)C)=N/NC(=O)c1ccncc1. The van der Waals surface area contributed by atoms with Crippen LogP contribution in [0.4, 0.5) is 0 Å². The van der Waals surface area contributed by atoms with Gasteiger partial charge in [-0.1, -0.05) is 13.8 Å². The molecule has 0 aromatic carbocycles. The average molecular weight is 276 g/mol. The van der Waals surface area contributed by atoms with Crippen LogP contribution in [0.3, 0.4) is 0 Å². The Morgan fingerprint density at radius 3 is 2.55 bits per heavy atom. The number of hydrogen-bond acceptors (Lipinski definition) is 4. The number of pyridine rings is 1. The maximum absolute atomic E-state index is 11.7. The summed E-state index contributed by atoms with van der Waals surface area (Å²) in [6.45, 7) is 6.38. The summed E-state index contributed by atoms with van der Waals surface area (Å²) in [4.78, 5) is 27.1. The van der Waals surface area contributed by atoms with Crippen molar-refractivity contribution in [2.24, 2.45) is 11.0 Å². The smallest absolute Gasteiger partial charge is 0.271 e. The second kappa shape index (κ2) is 8.04. The highest BCUT2D eigenvalue weighted by molar-refractivity contribution is 6.01. The lowest BCUT2D eigenvalue weighted by Crippen LogP contribution is -2.29. The Morgan fingerprint density at radius 1 is 1.30 bits per heavy atom. The number of nitrogens with one attached hydrogen (secondary N) is 2. The lowest BCUT2D eigenvalue weighted by molar-refractivity contribution is -0.120. The minimum atomic E-state index is -0.325. The molecule has 0 unspecified atom stereocenters. The molecule has 1 rings (SSSR count). The second-order valence-electron chi connectivity index (χ2n) is 4.90. The monoisotopic (exact) mass is 276 g/mol. The summed E-state index contributed by atoms with van der Waals surface area (Å²) in [5.74, 6) is -0.0185. The van der Waals surface area contributed by atoms with Gasteiger partial charge < -0.3 is 5.32 Å². The van der Waals surface area contributed by atoms with Crippen LogP contribution in [0, 0.1) is 5.92 Å². The van der Waals surface area contributed by atoms with Gasteiger partial charge in [0.25, 0.3) is 5.91 Å². The molecule has 0 aliphatic carbocycles. The molecule has 0 atom stereocenters. The molecule has 6 nitrogen and oxygen atoms in total. The van der Waals surface area contributed by atoms with Gasteiger partial charge >= 0.3 is 0 Å². The van der Waals surface area contributed by atoms with Crippen molar-refractivity contribution in [2.75, 3.05) is 6.54 Å². The van der Waals surface area contributed by atoms with Crippen LogP contribution in [0.2, 0.25) is 0 Å². The fourth-order valence-corrected chi connectivity index (χ4v) is 1.37. The van der Waals surface area contributed by atoms with Gasteiger partial charge in [-0.05, 0) is 25.0 Å². The number of amides is 2. The van der Waals surface area contributed by atoms with Gasteiger partial charge in [0.15, 0.2) is 0 Å². The van der Waals surface area contributed by atoms with Crippen molar-refractivity contribution in [3.05, 3.63) is 30.1 Å². The first-order valence-electron chi connectivity index (χ1n) is 6.49. The molecule has 0 aliphatic heterocycles. The van der Waals surface area contributed by atoms with Crippen LogP contribution < -0.4 is 10.7 Å². The molecule has 0 radical (unpaired) electrons. The third-order valence-electron chi connectivity index (χ3n) is 2.41. The molecule has 2 amide bonds. The molecule has 1 aromatic rings.